The van der Waals surface area contributed by atoms with Crippen molar-refractivity contribution in [2.45, 2.75) is 27.3 Å². The number of ether oxygens (including phenoxy) is 1. The first kappa shape index (κ1) is 14.5. The minimum Gasteiger partial charge on any atom is -0.496 e. The minimum atomic E-state index is -0.808. The number of carboxylic acid groups (broad SMARTS) is 1. The van der Waals surface area contributed by atoms with Gasteiger partial charge in [-0.3, -0.25) is 9.69 Å². The first-order valence-corrected chi connectivity index (χ1v) is 5.90. The Bertz CT molecular complexity index is 455. The standard InChI is InChI=1S/C14H21NO3/c1-9-6-12(7-15(4)8-13(16)17)10(2)11(3)14(9)18-5/h6H,7-8H2,1-5H3,(H,16,17). The molecule has 0 aliphatic heterocycles. The molecule has 4 heteroatoms. The van der Waals surface area contributed by atoms with Crippen LogP contribution < -0.4 is 4.74 Å². The molecule has 0 aliphatic carbocycles. The maximum Gasteiger partial charge on any atom is 0.317 e. The van der Waals surface area contributed by atoms with Gasteiger partial charge in [-0.25, -0.2) is 0 Å². The summed E-state index contributed by atoms with van der Waals surface area (Å²) in [4.78, 5) is 12.4. The first-order chi connectivity index (χ1) is 8.36. The number of aryl methyl sites for hydroxylation is 1. The highest BCUT2D eigenvalue weighted by Crippen LogP contribution is 2.28. The van der Waals surface area contributed by atoms with E-state index in [-0.39, 0.29) is 6.54 Å². The van der Waals surface area contributed by atoms with E-state index in [1.165, 1.54) is 0 Å². The Labute approximate surface area is 108 Å². The zero-order valence-corrected chi connectivity index (χ0v) is 11.7. The summed E-state index contributed by atoms with van der Waals surface area (Å²) in [5.74, 6) is 0.106. The number of rotatable bonds is 5. The number of carboxylic acids is 1. The van der Waals surface area contributed by atoms with Crippen LogP contribution in [0.4, 0.5) is 0 Å². The van der Waals surface area contributed by atoms with Crippen molar-refractivity contribution in [3.8, 4) is 5.75 Å². The van der Waals surface area contributed by atoms with Gasteiger partial charge in [-0.05, 0) is 50.1 Å². The minimum absolute atomic E-state index is 0.0452. The predicted octanol–water partition coefficient (Wildman–Crippen LogP) is 2.14. The lowest BCUT2D eigenvalue weighted by Gasteiger charge is -2.19. The number of methoxy groups -OCH3 is 1. The Balaban J connectivity index is 3.00. The van der Waals surface area contributed by atoms with Crippen LogP contribution in [0.25, 0.3) is 0 Å². The van der Waals surface area contributed by atoms with Gasteiger partial charge in [-0.15, -0.1) is 0 Å². The molecule has 0 spiro atoms. The highest BCUT2D eigenvalue weighted by atomic mass is 16.5. The van der Waals surface area contributed by atoms with E-state index >= 15 is 0 Å². The van der Waals surface area contributed by atoms with Gasteiger partial charge in [0.05, 0.1) is 13.7 Å². The zero-order chi connectivity index (χ0) is 13.9. The van der Waals surface area contributed by atoms with Gasteiger partial charge in [-0.1, -0.05) is 6.07 Å². The zero-order valence-electron chi connectivity index (χ0n) is 11.7. The molecule has 0 fully saturated rings. The fraction of sp³-hybridized carbons (Fsp3) is 0.500. The molecule has 0 saturated heterocycles. The number of aliphatic carboxylic acids is 1. The quantitative estimate of drug-likeness (QED) is 0.871. The summed E-state index contributed by atoms with van der Waals surface area (Å²) < 4.78 is 5.37. The van der Waals surface area contributed by atoms with E-state index in [0.717, 1.165) is 28.0 Å². The number of nitrogens with zero attached hydrogens (tertiary/aromatic N) is 1. The van der Waals surface area contributed by atoms with Crippen molar-refractivity contribution in [1.29, 1.82) is 0 Å². The van der Waals surface area contributed by atoms with Crippen LogP contribution in [0.1, 0.15) is 22.3 Å². The van der Waals surface area contributed by atoms with Gasteiger partial charge in [0.25, 0.3) is 0 Å². The van der Waals surface area contributed by atoms with Crippen molar-refractivity contribution in [3.63, 3.8) is 0 Å². The normalized spacial score (nSPS) is 10.8. The summed E-state index contributed by atoms with van der Waals surface area (Å²) in [6.45, 7) is 6.75. The average Bonchev–Trinajstić information content (AvgIpc) is 2.25. The Morgan fingerprint density at radius 2 is 1.94 bits per heavy atom. The van der Waals surface area contributed by atoms with Crippen LogP contribution in [0.5, 0.6) is 5.75 Å². The van der Waals surface area contributed by atoms with Gasteiger partial charge in [-0.2, -0.15) is 0 Å². The molecule has 100 valence electrons. The largest absolute Gasteiger partial charge is 0.496 e. The molecule has 1 N–H and O–H groups in total. The molecule has 0 atom stereocenters. The van der Waals surface area contributed by atoms with Gasteiger partial charge in [0, 0.05) is 6.54 Å². The number of hydrogen-bond donors (Lipinski definition) is 1. The fourth-order valence-corrected chi connectivity index (χ4v) is 2.20. The third kappa shape index (κ3) is 3.23. The van der Waals surface area contributed by atoms with Gasteiger partial charge in [0.15, 0.2) is 0 Å². The Hall–Kier alpha value is -1.55. The molecule has 0 aromatic heterocycles. The van der Waals surface area contributed by atoms with Crippen molar-refractivity contribution >= 4 is 5.97 Å². The van der Waals surface area contributed by atoms with E-state index in [0.29, 0.717) is 6.54 Å². The second-order valence-corrected chi connectivity index (χ2v) is 4.70. The molecule has 0 bridgehead atoms. The van der Waals surface area contributed by atoms with E-state index in [4.69, 9.17) is 9.84 Å². The summed E-state index contributed by atoms with van der Waals surface area (Å²) >= 11 is 0. The molecule has 0 radical (unpaired) electrons. The van der Waals surface area contributed by atoms with Crippen molar-refractivity contribution in [3.05, 3.63) is 28.3 Å². The van der Waals surface area contributed by atoms with Gasteiger partial charge < -0.3 is 9.84 Å². The Morgan fingerprint density at radius 3 is 2.44 bits per heavy atom. The molecule has 4 nitrogen and oxygen atoms in total. The summed E-state index contributed by atoms with van der Waals surface area (Å²) in [5, 5.41) is 8.76. The fourth-order valence-electron chi connectivity index (χ4n) is 2.20. The number of benzene rings is 1. The lowest BCUT2D eigenvalue weighted by atomic mass is 9.98. The monoisotopic (exact) mass is 251 g/mol. The number of carbonyl (C=O) groups is 1. The molecule has 1 aromatic carbocycles. The van der Waals surface area contributed by atoms with Gasteiger partial charge in [0.1, 0.15) is 5.75 Å². The molecule has 1 aromatic rings. The third-order valence-corrected chi connectivity index (χ3v) is 3.18. The summed E-state index contributed by atoms with van der Waals surface area (Å²) in [6, 6.07) is 2.07. The van der Waals surface area contributed by atoms with Crippen molar-refractivity contribution in [2.24, 2.45) is 0 Å². The van der Waals surface area contributed by atoms with Gasteiger partial charge >= 0.3 is 5.97 Å². The second kappa shape index (κ2) is 5.87. The highest BCUT2D eigenvalue weighted by Gasteiger charge is 2.13. The van der Waals surface area contributed by atoms with Crippen LogP contribution >= 0.6 is 0 Å². The molecule has 18 heavy (non-hydrogen) atoms. The predicted molar refractivity (Wildman–Crippen MR) is 71.2 cm³/mol. The molecule has 0 heterocycles. The van der Waals surface area contributed by atoms with E-state index in [1.54, 1.807) is 12.0 Å². The second-order valence-electron chi connectivity index (χ2n) is 4.70. The number of hydrogen-bond acceptors (Lipinski definition) is 3. The van der Waals surface area contributed by atoms with Crippen molar-refractivity contribution in [1.82, 2.24) is 4.90 Å². The van der Waals surface area contributed by atoms with Crippen LogP contribution in [0.3, 0.4) is 0 Å². The lowest BCUT2D eigenvalue weighted by Crippen LogP contribution is -2.25. The Morgan fingerprint density at radius 1 is 1.33 bits per heavy atom. The number of likely N-dealkylation sites (N-methyl/N-ethyl adjacent to an activating group) is 1. The van der Waals surface area contributed by atoms with Crippen LogP contribution in [0.15, 0.2) is 6.07 Å². The first-order valence-electron chi connectivity index (χ1n) is 5.90. The molecular weight excluding hydrogens is 230 g/mol. The maximum absolute atomic E-state index is 10.7. The molecular formula is C14H21NO3. The third-order valence-electron chi connectivity index (χ3n) is 3.18. The Kier molecular flexibility index (Phi) is 4.73. The molecule has 0 unspecified atom stereocenters. The SMILES string of the molecule is COc1c(C)cc(CN(C)CC(=O)O)c(C)c1C. The van der Waals surface area contributed by atoms with Crippen LogP contribution in [-0.4, -0.2) is 36.7 Å². The van der Waals surface area contributed by atoms with Crippen molar-refractivity contribution in [2.75, 3.05) is 20.7 Å². The van der Waals surface area contributed by atoms with E-state index in [1.807, 2.05) is 27.8 Å². The maximum atomic E-state index is 10.7. The van der Waals surface area contributed by atoms with E-state index in [2.05, 4.69) is 6.07 Å². The lowest BCUT2D eigenvalue weighted by molar-refractivity contribution is -0.138. The van der Waals surface area contributed by atoms with Crippen LogP contribution in [0.2, 0.25) is 0 Å². The average molecular weight is 251 g/mol. The van der Waals surface area contributed by atoms with E-state index < -0.39 is 5.97 Å². The molecule has 0 amide bonds. The van der Waals surface area contributed by atoms with Gasteiger partial charge in [0.2, 0.25) is 0 Å². The molecule has 1 rings (SSSR count). The summed E-state index contributed by atoms with van der Waals surface area (Å²) in [6.07, 6.45) is 0. The van der Waals surface area contributed by atoms with Crippen LogP contribution in [-0.2, 0) is 11.3 Å². The summed E-state index contributed by atoms with van der Waals surface area (Å²) in [7, 11) is 3.48. The highest BCUT2D eigenvalue weighted by molar-refractivity contribution is 5.69. The smallest absolute Gasteiger partial charge is 0.317 e. The van der Waals surface area contributed by atoms with Crippen LogP contribution in [0, 0.1) is 20.8 Å². The molecule has 0 aliphatic rings. The van der Waals surface area contributed by atoms with E-state index in [9.17, 15) is 4.79 Å². The van der Waals surface area contributed by atoms with Crippen molar-refractivity contribution < 1.29 is 14.6 Å². The summed E-state index contributed by atoms with van der Waals surface area (Å²) in [5.41, 5.74) is 4.51. The molecule has 0 saturated carbocycles. The topological polar surface area (TPSA) is 49.8 Å².